The van der Waals surface area contributed by atoms with Crippen molar-refractivity contribution in [3.05, 3.63) is 55.6 Å². The maximum Gasteiger partial charge on any atom is 0.342 e. The number of ether oxygens (including phenoxy) is 4. The fraction of sp³-hybridized carbons (Fsp3) is 0.273. The lowest BCUT2D eigenvalue weighted by atomic mass is 10.1. The Morgan fingerprint density at radius 2 is 1.25 bits per heavy atom. The third-order valence-electron chi connectivity index (χ3n) is 4.77. The summed E-state index contributed by atoms with van der Waals surface area (Å²) in [6.45, 7) is -0.330. The summed E-state index contributed by atoms with van der Waals surface area (Å²) in [7, 11) is 2.45. The average Bonchev–Trinajstić information content (AvgIpc) is 2.84. The largest absolute Gasteiger partial charge is 0.493 e. The van der Waals surface area contributed by atoms with Crippen LogP contribution in [0.25, 0.3) is 0 Å². The van der Waals surface area contributed by atoms with Gasteiger partial charge in [-0.05, 0) is 0 Å². The molecule has 0 heterocycles. The highest BCUT2D eigenvalue weighted by Gasteiger charge is 2.26. The minimum absolute atomic E-state index is 0.0695. The van der Waals surface area contributed by atoms with Gasteiger partial charge in [-0.15, -0.1) is 12.3 Å². The van der Waals surface area contributed by atoms with Gasteiger partial charge in [-0.2, -0.15) is 0 Å². The summed E-state index contributed by atoms with van der Waals surface area (Å²) >= 11 is 0. The van der Waals surface area contributed by atoms with Crippen molar-refractivity contribution in [2.45, 2.75) is 6.42 Å². The molecule has 0 aromatic heterocycles. The smallest absolute Gasteiger partial charge is 0.342 e. The van der Waals surface area contributed by atoms with Gasteiger partial charge in [0.2, 0.25) is 0 Å². The van der Waals surface area contributed by atoms with Crippen molar-refractivity contribution >= 4 is 23.3 Å². The molecule has 0 aliphatic rings. The van der Waals surface area contributed by atoms with Gasteiger partial charge in [-0.1, -0.05) is 0 Å². The predicted molar refractivity (Wildman–Crippen MR) is 121 cm³/mol. The standard InChI is InChI=1S/C22H20N2O12/c1-4-5-12(10-35-19-8-15(23(29)30)13(21(25)26)6-17(19)33-2)11-36-20-9-16(24(31)32)14(22(27)28)7-18(20)34-3/h1,6-9,12H,5,10-11H2,2-3H3,(H,25,26)(H,27,28). The van der Waals surface area contributed by atoms with Crippen molar-refractivity contribution < 1.29 is 48.6 Å². The van der Waals surface area contributed by atoms with Crippen LogP contribution in [-0.2, 0) is 0 Å². The lowest BCUT2D eigenvalue weighted by Gasteiger charge is -2.19. The zero-order valence-electron chi connectivity index (χ0n) is 19.0. The number of rotatable bonds is 13. The first-order valence-corrected chi connectivity index (χ1v) is 9.92. The van der Waals surface area contributed by atoms with Crippen LogP contribution < -0.4 is 18.9 Å². The number of benzene rings is 2. The highest BCUT2D eigenvalue weighted by Crippen LogP contribution is 2.37. The van der Waals surface area contributed by atoms with Crippen molar-refractivity contribution in [2.75, 3.05) is 27.4 Å². The van der Waals surface area contributed by atoms with Crippen LogP contribution in [0.15, 0.2) is 24.3 Å². The molecular formula is C22H20N2O12. The van der Waals surface area contributed by atoms with Crippen LogP contribution in [-0.4, -0.2) is 59.4 Å². The Labute approximate surface area is 203 Å². The van der Waals surface area contributed by atoms with Gasteiger partial charge in [-0.3, -0.25) is 20.2 Å². The Morgan fingerprint density at radius 1 is 0.861 bits per heavy atom. The van der Waals surface area contributed by atoms with E-state index in [1.54, 1.807) is 0 Å². The minimum atomic E-state index is -1.53. The quantitative estimate of drug-likeness (QED) is 0.230. The number of hydrogen-bond donors (Lipinski definition) is 2. The maximum absolute atomic E-state index is 11.3. The van der Waals surface area contributed by atoms with Crippen LogP contribution in [0, 0.1) is 38.5 Å². The van der Waals surface area contributed by atoms with Crippen molar-refractivity contribution in [3.8, 4) is 35.3 Å². The van der Waals surface area contributed by atoms with E-state index in [1.165, 1.54) is 14.2 Å². The summed E-state index contributed by atoms with van der Waals surface area (Å²) in [6.07, 6.45) is 5.49. The summed E-state index contributed by atoms with van der Waals surface area (Å²) in [5, 5.41) is 41.0. The van der Waals surface area contributed by atoms with E-state index < -0.39 is 50.2 Å². The van der Waals surface area contributed by atoms with Crippen LogP contribution in [0.2, 0.25) is 0 Å². The van der Waals surface area contributed by atoms with Crippen LogP contribution in [0.3, 0.4) is 0 Å². The van der Waals surface area contributed by atoms with Crippen LogP contribution in [0.1, 0.15) is 27.1 Å². The Hall–Kier alpha value is -5.06. The van der Waals surface area contributed by atoms with Gasteiger partial charge < -0.3 is 29.2 Å². The number of nitrogens with zero attached hydrogens (tertiary/aromatic N) is 2. The van der Waals surface area contributed by atoms with Crippen molar-refractivity contribution in [2.24, 2.45) is 5.92 Å². The zero-order valence-corrected chi connectivity index (χ0v) is 19.0. The first-order valence-electron chi connectivity index (χ1n) is 9.92. The number of terminal acetylenes is 1. The molecule has 0 aliphatic heterocycles. The Bertz CT molecular complexity index is 1150. The summed E-state index contributed by atoms with van der Waals surface area (Å²) < 4.78 is 21.4. The molecule has 0 saturated heterocycles. The van der Waals surface area contributed by atoms with Gasteiger partial charge in [0.1, 0.15) is 11.1 Å². The highest BCUT2D eigenvalue weighted by molar-refractivity contribution is 5.94. The second-order valence-corrected chi connectivity index (χ2v) is 7.06. The van der Waals surface area contributed by atoms with Crippen LogP contribution >= 0.6 is 0 Å². The fourth-order valence-electron chi connectivity index (χ4n) is 3.04. The number of hydrogen-bond acceptors (Lipinski definition) is 10. The molecular weight excluding hydrogens is 484 g/mol. The second-order valence-electron chi connectivity index (χ2n) is 7.06. The third-order valence-corrected chi connectivity index (χ3v) is 4.77. The van der Waals surface area contributed by atoms with Crippen molar-refractivity contribution in [1.29, 1.82) is 0 Å². The number of carboxylic acid groups (broad SMARTS) is 2. The first kappa shape index (κ1) is 27.2. The van der Waals surface area contributed by atoms with Crippen LogP contribution in [0.5, 0.6) is 23.0 Å². The maximum atomic E-state index is 11.3. The molecule has 0 amide bonds. The summed E-state index contributed by atoms with van der Waals surface area (Å²) in [6, 6.07) is 3.73. The van der Waals surface area contributed by atoms with E-state index in [-0.39, 0.29) is 42.6 Å². The Kier molecular flexibility index (Phi) is 8.97. The number of methoxy groups -OCH3 is 2. The molecule has 190 valence electrons. The van der Waals surface area contributed by atoms with E-state index in [2.05, 4.69) is 5.92 Å². The van der Waals surface area contributed by atoms with Crippen molar-refractivity contribution in [3.63, 3.8) is 0 Å². The number of carbonyl (C=O) groups is 2. The lowest BCUT2D eigenvalue weighted by Crippen LogP contribution is -2.20. The molecule has 14 nitrogen and oxygen atoms in total. The molecule has 0 saturated carbocycles. The van der Waals surface area contributed by atoms with Crippen LogP contribution in [0.4, 0.5) is 11.4 Å². The van der Waals surface area contributed by atoms with Gasteiger partial charge in [0, 0.05) is 24.5 Å². The molecule has 0 fully saturated rings. The summed E-state index contributed by atoms with van der Waals surface area (Å²) in [5.74, 6) is -1.57. The van der Waals surface area contributed by atoms with E-state index in [0.29, 0.717) is 0 Å². The van der Waals surface area contributed by atoms with Crippen molar-refractivity contribution in [1.82, 2.24) is 0 Å². The Balaban J connectivity index is 2.29. The Morgan fingerprint density at radius 3 is 1.53 bits per heavy atom. The number of carboxylic acids is 2. The molecule has 0 spiro atoms. The van der Waals surface area contributed by atoms with E-state index in [1.807, 2.05) is 0 Å². The molecule has 36 heavy (non-hydrogen) atoms. The van der Waals surface area contributed by atoms with E-state index in [9.17, 15) is 40.0 Å². The van der Waals surface area contributed by atoms with Gasteiger partial charge in [0.05, 0.1) is 49.4 Å². The lowest BCUT2D eigenvalue weighted by molar-refractivity contribution is -0.385. The van der Waals surface area contributed by atoms with E-state index in [0.717, 1.165) is 24.3 Å². The highest BCUT2D eigenvalue weighted by atomic mass is 16.6. The summed E-state index contributed by atoms with van der Waals surface area (Å²) in [5.41, 5.74) is -2.60. The van der Waals surface area contributed by atoms with Gasteiger partial charge in [0.25, 0.3) is 11.4 Å². The molecule has 0 radical (unpaired) electrons. The fourth-order valence-corrected chi connectivity index (χ4v) is 3.04. The summed E-state index contributed by atoms with van der Waals surface area (Å²) in [4.78, 5) is 43.5. The van der Waals surface area contributed by atoms with Gasteiger partial charge in [0.15, 0.2) is 23.0 Å². The SMILES string of the molecule is C#CCC(COc1cc([N+](=O)[O-])c(C(=O)O)cc1OC)COc1cc([N+](=O)[O-])c(C(=O)O)cc1OC. The van der Waals surface area contributed by atoms with E-state index in [4.69, 9.17) is 25.4 Å². The molecule has 0 bridgehead atoms. The molecule has 2 aromatic carbocycles. The molecule has 0 atom stereocenters. The number of nitro benzene ring substituents is 2. The molecule has 14 heteroatoms. The van der Waals surface area contributed by atoms with Gasteiger partial charge in [-0.25, -0.2) is 9.59 Å². The third kappa shape index (κ3) is 6.29. The predicted octanol–water partition coefficient (Wildman–Crippen LogP) is 3.01. The normalized spacial score (nSPS) is 10.3. The average molecular weight is 504 g/mol. The molecule has 2 rings (SSSR count). The molecule has 0 unspecified atom stereocenters. The first-order chi connectivity index (χ1) is 17.0. The van der Waals surface area contributed by atoms with E-state index >= 15 is 0 Å². The molecule has 0 aliphatic carbocycles. The molecule has 2 aromatic rings. The topological polar surface area (TPSA) is 198 Å². The number of aromatic carboxylic acids is 2. The van der Waals surface area contributed by atoms with Gasteiger partial charge >= 0.3 is 11.9 Å². The molecule has 2 N–H and O–H groups in total. The number of nitro groups is 2. The zero-order chi connectivity index (χ0) is 27.0. The monoisotopic (exact) mass is 504 g/mol. The minimum Gasteiger partial charge on any atom is -0.493 e. The second kappa shape index (κ2) is 11.9.